The maximum Gasteiger partial charge on any atom is 0.145 e. The highest BCUT2D eigenvalue weighted by Gasteiger charge is 2.23. The van der Waals surface area contributed by atoms with Crippen molar-refractivity contribution in [2.24, 2.45) is 0 Å². The fourth-order valence-corrected chi connectivity index (χ4v) is 8.29. The zero-order valence-electron chi connectivity index (χ0n) is 25.9. The quantitative estimate of drug-likeness (QED) is 0.212. The van der Waals surface area contributed by atoms with Gasteiger partial charge in [0.25, 0.3) is 0 Å². The highest BCUT2D eigenvalue weighted by atomic mass is 32.1. The van der Waals surface area contributed by atoms with Crippen molar-refractivity contribution in [1.29, 1.82) is 0 Å². The van der Waals surface area contributed by atoms with Crippen LogP contribution in [0.25, 0.3) is 81.6 Å². The molecule has 0 saturated heterocycles. The molecule has 4 nitrogen and oxygen atoms in total. The Kier molecular flexibility index (Phi) is 6.24. The van der Waals surface area contributed by atoms with E-state index < -0.39 is 0 Å². The molecule has 5 heteroatoms. The first kappa shape index (κ1) is 27.5. The van der Waals surface area contributed by atoms with E-state index in [1.54, 1.807) is 17.4 Å². The molecule has 0 unspecified atom stereocenters. The highest BCUT2D eigenvalue weighted by Crippen LogP contribution is 2.46. The molecule has 9 aromatic rings. The fraction of sp³-hybridized carbons (Fsp3) is 0.0476. The molecule has 0 aliphatic heterocycles. The zero-order valence-corrected chi connectivity index (χ0v) is 26.7. The summed E-state index contributed by atoms with van der Waals surface area (Å²) in [7, 11) is 0. The second-order valence-corrected chi connectivity index (χ2v) is 13.1. The van der Waals surface area contributed by atoms with Crippen LogP contribution >= 0.6 is 11.3 Å². The lowest BCUT2D eigenvalue weighted by atomic mass is 10.0. The predicted octanol–water partition coefficient (Wildman–Crippen LogP) is 11.3. The van der Waals surface area contributed by atoms with E-state index >= 15 is 0 Å². The maximum atomic E-state index is 11.1. The summed E-state index contributed by atoms with van der Waals surface area (Å²) in [6.07, 6.45) is 0. The minimum Gasteiger partial charge on any atom is -0.507 e. The van der Waals surface area contributed by atoms with Gasteiger partial charge in [0.15, 0.2) is 0 Å². The van der Waals surface area contributed by atoms with E-state index in [2.05, 4.69) is 122 Å². The molecular weight excluding hydrogens is 595 g/mol. The maximum absolute atomic E-state index is 11.1. The number of hydrogen-bond donors (Lipinski definition) is 1. The summed E-state index contributed by atoms with van der Waals surface area (Å²) < 4.78 is 4.57. The molecule has 1 N–H and O–H groups in total. The molecule has 3 heterocycles. The van der Waals surface area contributed by atoms with Gasteiger partial charge in [0, 0.05) is 32.2 Å². The van der Waals surface area contributed by atoms with Crippen molar-refractivity contribution in [3.8, 4) is 45.3 Å². The Morgan fingerprint density at radius 2 is 1.32 bits per heavy atom. The molecule has 47 heavy (non-hydrogen) atoms. The predicted molar refractivity (Wildman–Crippen MR) is 197 cm³/mol. The molecule has 3 aromatic heterocycles. The third-order valence-electron chi connectivity index (χ3n) is 9.16. The van der Waals surface area contributed by atoms with Gasteiger partial charge in [-0.25, -0.2) is 9.97 Å². The summed E-state index contributed by atoms with van der Waals surface area (Å²) in [5, 5.41) is 15.8. The first-order valence-electron chi connectivity index (χ1n) is 15.7. The van der Waals surface area contributed by atoms with Gasteiger partial charge >= 0.3 is 0 Å². The Labute approximate surface area is 275 Å². The first-order valence-corrected chi connectivity index (χ1v) is 16.6. The Morgan fingerprint density at radius 1 is 0.596 bits per heavy atom. The Balaban J connectivity index is 1.39. The molecule has 0 atom stereocenters. The summed E-state index contributed by atoms with van der Waals surface area (Å²) in [4.78, 5) is 10.7. The molecule has 0 spiro atoms. The number of aryl methyl sites for hydroxylation is 2. The van der Waals surface area contributed by atoms with Gasteiger partial charge in [-0.05, 0) is 60.0 Å². The van der Waals surface area contributed by atoms with E-state index in [1.807, 2.05) is 24.3 Å². The van der Waals surface area contributed by atoms with Crippen LogP contribution in [0, 0.1) is 13.8 Å². The summed E-state index contributed by atoms with van der Waals surface area (Å²) in [6, 6.07) is 45.8. The van der Waals surface area contributed by atoms with Crippen LogP contribution in [0.1, 0.15) is 11.1 Å². The van der Waals surface area contributed by atoms with E-state index in [-0.39, 0.29) is 5.75 Å². The molecule has 224 valence electrons. The number of aromatic hydroxyl groups is 1. The molecule has 0 radical (unpaired) electrons. The van der Waals surface area contributed by atoms with Gasteiger partial charge in [0.2, 0.25) is 0 Å². The van der Waals surface area contributed by atoms with E-state index in [1.165, 1.54) is 32.0 Å². The summed E-state index contributed by atoms with van der Waals surface area (Å²) in [5.74, 6) is 1.10. The van der Waals surface area contributed by atoms with Crippen LogP contribution in [0.2, 0.25) is 0 Å². The van der Waals surface area contributed by atoms with Gasteiger partial charge in [-0.15, -0.1) is 11.3 Å². The van der Waals surface area contributed by atoms with Crippen LogP contribution in [-0.4, -0.2) is 19.6 Å². The van der Waals surface area contributed by atoms with Crippen molar-refractivity contribution >= 4 is 53.3 Å². The average molecular weight is 624 g/mol. The van der Waals surface area contributed by atoms with Crippen LogP contribution in [0.3, 0.4) is 0 Å². The van der Waals surface area contributed by atoms with Crippen molar-refractivity contribution < 1.29 is 5.11 Å². The molecule has 9 rings (SSSR count). The average Bonchev–Trinajstić information content (AvgIpc) is 3.68. The van der Waals surface area contributed by atoms with Gasteiger partial charge in [-0.2, -0.15) is 0 Å². The van der Waals surface area contributed by atoms with E-state index in [9.17, 15) is 5.11 Å². The molecule has 0 fully saturated rings. The number of rotatable bonds is 4. The van der Waals surface area contributed by atoms with Crippen LogP contribution in [-0.2, 0) is 0 Å². The lowest BCUT2D eigenvalue weighted by Gasteiger charge is -2.15. The number of pyridine rings is 1. The molecule has 0 aliphatic rings. The Bertz CT molecular complexity index is 2650. The molecule has 0 amide bonds. The highest BCUT2D eigenvalue weighted by molar-refractivity contribution is 7.27. The van der Waals surface area contributed by atoms with Crippen LogP contribution in [0.5, 0.6) is 5.75 Å². The SMILES string of the molecule is Cc1cccc(C)c1-n1c(-c2ccccc2)nc2c(-c3cc4c(sc5c6ccccc6ccc45)c(-c4ccccc4O)n3)cccc21. The number of aromatic nitrogens is 3. The lowest BCUT2D eigenvalue weighted by molar-refractivity contribution is 0.477. The number of nitrogens with zero attached hydrogens (tertiary/aromatic N) is 3. The topological polar surface area (TPSA) is 50.9 Å². The molecular formula is C42H29N3OS. The van der Waals surface area contributed by atoms with Crippen LogP contribution in [0.4, 0.5) is 0 Å². The fourth-order valence-electron chi connectivity index (χ4n) is 6.97. The number of para-hydroxylation sites is 3. The second kappa shape index (κ2) is 10.6. The summed E-state index contributed by atoms with van der Waals surface area (Å²) >= 11 is 1.74. The van der Waals surface area contributed by atoms with Crippen molar-refractivity contribution in [3.63, 3.8) is 0 Å². The molecule has 6 aromatic carbocycles. The number of benzene rings is 6. The number of phenolic OH excluding ortho intramolecular Hbond substituents is 1. The lowest BCUT2D eigenvalue weighted by Crippen LogP contribution is -2.02. The van der Waals surface area contributed by atoms with Gasteiger partial charge in [-0.3, -0.25) is 4.57 Å². The number of thiophene rings is 1. The van der Waals surface area contributed by atoms with E-state index in [0.717, 1.165) is 55.1 Å². The third-order valence-corrected chi connectivity index (χ3v) is 10.4. The normalized spacial score (nSPS) is 11.7. The molecule has 0 bridgehead atoms. The Morgan fingerprint density at radius 3 is 2.15 bits per heavy atom. The van der Waals surface area contributed by atoms with Gasteiger partial charge in [-0.1, -0.05) is 109 Å². The monoisotopic (exact) mass is 623 g/mol. The number of fused-ring (bicyclic) bond motifs is 6. The summed E-state index contributed by atoms with van der Waals surface area (Å²) in [5.41, 5.74) is 9.72. The standard InChI is InChI=1S/C42H29N3OS/c1-25-12-10-13-26(2)39(25)45-35-20-11-19-31(37(35)44-42(45)28-15-4-3-5-16-28)34-24-33-30-23-22-27-14-6-7-17-29(27)40(30)47-41(33)38(43-34)32-18-8-9-21-36(32)46/h3-24,46H,1-2H3. The van der Waals surface area contributed by atoms with E-state index in [4.69, 9.17) is 9.97 Å². The molecule has 0 saturated carbocycles. The number of phenols is 1. The van der Waals surface area contributed by atoms with Crippen LogP contribution < -0.4 is 0 Å². The minimum atomic E-state index is 0.213. The van der Waals surface area contributed by atoms with Crippen molar-refractivity contribution in [2.45, 2.75) is 13.8 Å². The largest absolute Gasteiger partial charge is 0.507 e. The third kappa shape index (κ3) is 4.28. The van der Waals surface area contributed by atoms with E-state index in [0.29, 0.717) is 5.56 Å². The smallest absolute Gasteiger partial charge is 0.145 e. The number of imidazole rings is 1. The van der Waals surface area contributed by atoms with Crippen molar-refractivity contribution in [3.05, 3.63) is 145 Å². The van der Waals surface area contributed by atoms with Crippen molar-refractivity contribution in [2.75, 3.05) is 0 Å². The van der Waals surface area contributed by atoms with Gasteiger partial charge in [0.05, 0.1) is 32.8 Å². The molecule has 0 aliphatic carbocycles. The van der Waals surface area contributed by atoms with Crippen molar-refractivity contribution in [1.82, 2.24) is 14.5 Å². The number of hydrogen-bond acceptors (Lipinski definition) is 4. The zero-order chi connectivity index (χ0) is 31.6. The second-order valence-electron chi connectivity index (χ2n) is 12.1. The summed E-state index contributed by atoms with van der Waals surface area (Å²) in [6.45, 7) is 4.32. The minimum absolute atomic E-state index is 0.213. The van der Waals surface area contributed by atoms with Gasteiger partial charge < -0.3 is 5.11 Å². The van der Waals surface area contributed by atoms with Gasteiger partial charge in [0.1, 0.15) is 11.6 Å². The Hall–Kier alpha value is -5.78. The first-order chi connectivity index (χ1) is 23.1. The van der Waals surface area contributed by atoms with Crippen LogP contribution in [0.15, 0.2) is 133 Å².